The van der Waals surface area contributed by atoms with Crippen LogP contribution < -0.4 is 10.6 Å². The number of anilines is 1. The highest BCUT2D eigenvalue weighted by atomic mass is 16.4. The van der Waals surface area contributed by atoms with Crippen molar-refractivity contribution in [2.75, 3.05) is 11.4 Å². The minimum Gasteiger partial charge on any atom is -0.409 e. The zero-order valence-electron chi connectivity index (χ0n) is 11.8. The number of rotatable bonds is 4. The lowest BCUT2D eigenvalue weighted by atomic mass is 10.1. The summed E-state index contributed by atoms with van der Waals surface area (Å²) in [6, 6.07) is 6.81. The summed E-state index contributed by atoms with van der Waals surface area (Å²) in [5, 5.41) is 11.8. The van der Waals surface area contributed by atoms with Crippen LogP contribution in [0.4, 0.5) is 5.69 Å². The Morgan fingerprint density at radius 3 is 2.63 bits per heavy atom. The lowest BCUT2D eigenvalue weighted by Gasteiger charge is -2.30. The predicted octanol–water partition coefficient (Wildman–Crippen LogP) is 2.86. The molecule has 4 nitrogen and oxygen atoms in total. The van der Waals surface area contributed by atoms with Crippen molar-refractivity contribution in [3.63, 3.8) is 0 Å². The molecule has 1 aliphatic rings. The summed E-state index contributed by atoms with van der Waals surface area (Å²) >= 11 is 0. The molecule has 0 radical (unpaired) electrons. The Morgan fingerprint density at radius 2 is 2.11 bits per heavy atom. The number of aryl methyl sites for hydroxylation is 1. The minimum absolute atomic E-state index is 0.174. The third-order valence-electron chi connectivity index (χ3n) is 4.03. The van der Waals surface area contributed by atoms with Gasteiger partial charge in [-0.25, -0.2) is 0 Å². The van der Waals surface area contributed by atoms with Crippen molar-refractivity contribution in [1.82, 2.24) is 0 Å². The molecule has 0 aliphatic heterocycles. The molecule has 1 aromatic rings. The Bertz CT molecular complexity index is 464. The van der Waals surface area contributed by atoms with Crippen LogP contribution in [-0.2, 0) is 0 Å². The van der Waals surface area contributed by atoms with Gasteiger partial charge >= 0.3 is 0 Å². The van der Waals surface area contributed by atoms with E-state index in [1.165, 1.54) is 31.4 Å². The molecule has 1 saturated carbocycles. The lowest BCUT2D eigenvalue weighted by Crippen LogP contribution is -2.33. The van der Waals surface area contributed by atoms with Crippen molar-refractivity contribution in [2.24, 2.45) is 10.9 Å². The number of hydrogen-bond acceptors (Lipinski definition) is 3. The van der Waals surface area contributed by atoms with Crippen LogP contribution in [0.2, 0.25) is 0 Å². The van der Waals surface area contributed by atoms with Gasteiger partial charge < -0.3 is 15.8 Å². The number of nitrogens with two attached hydrogens (primary N) is 1. The highest BCUT2D eigenvalue weighted by Gasteiger charge is 2.22. The van der Waals surface area contributed by atoms with E-state index in [1.807, 2.05) is 13.0 Å². The van der Waals surface area contributed by atoms with Gasteiger partial charge in [-0.2, -0.15) is 0 Å². The second kappa shape index (κ2) is 5.95. The lowest BCUT2D eigenvalue weighted by molar-refractivity contribution is 0.318. The maximum Gasteiger partial charge on any atom is 0.170 e. The molecule has 1 fully saturated rings. The normalized spacial score (nSPS) is 16.8. The second-order valence-electron chi connectivity index (χ2n) is 5.21. The molecule has 3 N–H and O–H groups in total. The fraction of sp³-hybridized carbons (Fsp3) is 0.533. The van der Waals surface area contributed by atoms with Gasteiger partial charge in [0.15, 0.2) is 5.84 Å². The van der Waals surface area contributed by atoms with Crippen molar-refractivity contribution in [1.29, 1.82) is 0 Å². The molecule has 104 valence electrons. The van der Waals surface area contributed by atoms with E-state index in [-0.39, 0.29) is 5.84 Å². The van der Waals surface area contributed by atoms with E-state index in [2.05, 4.69) is 29.1 Å². The van der Waals surface area contributed by atoms with Gasteiger partial charge in [-0.1, -0.05) is 18.0 Å². The molecule has 4 heteroatoms. The topological polar surface area (TPSA) is 61.8 Å². The summed E-state index contributed by atoms with van der Waals surface area (Å²) in [7, 11) is 0. The van der Waals surface area contributed by atoms with E-state index in [0.29, 0.717) is 6.04 Å². The van der Waals surface area contributed by atoms with Crippen LogP contribution in [0.25, 0.3) is 0 Å². The molecule has 0 heterocycles. The third kappa shape index (κ3) is 2.83. The Labute approximate surface area is 114 Å². The first-order chi connectivity index (χ1) is 9.17. The molecule has 0 unspecified atom stereocenters. The van der Waals surface area contributed by atoms with E-state index in [9.17, 15) is 0 Å². The number of amidine groups is 1. The van der Waals surface area contributed by atoms with Gasteiger partial charge in [-0.05, 0) is 50.5 Å². The molecule has 0 amide bonds. The molecule has 0 bridgehead atoms. The summed E-state index contributed by atoms with van der Waals surface area (Å²) < 4.78 is 0. The first-order valence-electron chi connectivity index (χ1n) is 7.02. The summed E-state index contributed by atoms with van der Waals surface area (Å²) in [5.74, 6) is 0.174. The fourth-order valence-corrected chi connectivity index (χ4v) is 3.04. The average molecular weight is 261 g/mol. The van der Waals surface area contributed by atoms with Gasteiger partial charge in [0.2, 0.25) is 0 Å². The van der Waals surface area contributed by atoms with Gasteiger partial charge in [0.05, 0.1) is 0 Å². The van der Waals surface area contributed by atoms with Gasteiger partial charge in [0.25, 0.3) is 0 Å². The SMILES string of the molecule is CCN(c1ccc(/C(N)=N/O)c(C)c1)C1CCCC1. The minimum atomic E-state index is 0.174. The van der Waals surface area contributed by atoms with Crippen LogP contribution in [0.15, 0.2) is 23.4 Å². The first-order valence-corrected chi connectivity index (χ1v) is 7.02. The predicted molar refractivity (Wildman–Crippen MR) is 79.0 cm³/mol. The monoisotopic (exact) mass is 261 g/mol. The van der Waals surface area contributed by atoms with Crippen LogP contribution in [0.1, 0.15) is 43.7 Å². The Hall–Kier alpha value is -1.71. The molecule has 0 aromatic heterocycles. The highest BCUT2D eigenvalue weighted by molar-refractivity contribution is 5.98. The maximum atomic E-state index is 8.76. The number of benzene rings is 1. The van der Waals surface area contributed by atoms with Crippen LogP contribution in [0, 0.1) is 6.92 Å². The van der Waals surface area contributed by atoms with E-state index in [1.54, 1.807) is 0 Å². The fourth-order valence-electron chi connectivity index (χ4n) is 3.04. The summed E-state index contributed by atoms with van der Waals surface area (Å²) in [4.78, 5) is 2.47. The van der Waals surface area contributed by atoms with Crippen molar-refractivity contribution in [2.45, 2.75) is 45.6 Å². The summed E-state index contributed by atoms with van der Waals surface area (Å²) in [6.07, 6.45) is 5.24. The van der Waals surface area contributed by atoms with Crippen LogP contribution in [0.5, 0.6) is 0 Å². The molecular weight excluding hydrogens is 238 g/mol. The standard InChI is InChI=1S/C15H23N3O/c1-3-18(12-6-4-5-7-12)13-8-9-14(11(2)10-13)15(16)17-19/h8-10,12,19H,3-7H2,1-2H3,(H2,16,17). The van der Waals surface area contributed by atoms with Gasteiger partial charge in [-0.3, -0.25) is 0 Å². The van der Waals surface area contributed by atoms with Crippen molar-refractivity contribution in [3.8, 4) is 0 Å². The van der Waals surface area contributed by atoms with Gasteiger partial charge in [0, 0.05) is 23.8 Å². The zero-order chi connectivity index (χ0) is 13.8. The number of nitrogens with zero attached hydrogens (tertiary/aromatic N) is 2. The van der Waals surface area contributed by atoms with Crippen molar-refractivity contribution in [3.05, 3.63) is 29.3 Å². The molecule has 1 aliphatic carbocycles. The number of hydrogen-bond donors (Lipinski definition) is 2. The summed E-state index contributed by atoms with van der Waals surface area (Å²) in [6.45, 7) is 5.22. The van der Waals surface area contributed by atoms with Gasteiger partial charge in [0.1, 0.15) is 0 Å². The molecule has 2 rings (SSSR count). The van der Waals surface area contributed by atoms with E-state index in [4.69, 9.17) is 10.9 Å². The van der Waals surface area contributed by atoms with Crippen LogP contribution >= 0.6 is 0 Å². The van der Waals surface area contributed by atoms with Gasteiger partial charge in [-0.15, -0.1) is 0 Å². The molecule has 1 aromatic carbocycles. The molecule has 0 saturated heterocycles. The zero-order valence-corrected chi connectivity index (χ0v) is 11.8. The third-order valence-corrected chi connectivity index (χ3v) is 4.03. The molecule has 19 heavy (non-hydrogen) atoms. The summed E-state index contributed by atoms with van der Waals surface area (Å²) in [5.41, 5.74) is 8.75. The molecular formula is C15H23N3O. The average Bonchev–Trinajstić information content (AvgIpc) is 2.93. The van der Waals surface area contributed by atoms with Crippen LogP contribution in [0.3, 0.4) is 0 Å². The first kappa shape index (κ1) is 13.7. The second-order valence-corrected chi connectivity index (χ2v) is 5.21. The Morgan fingerprint density at radius 1 is 1.42 bits per heavy atom. The van der Waals surface area contributed by atoms with Crippen molar-refractivity contribution >= 4 is 11.5 Å². The van der Waals surface area contributed by atoms with Crippen molar-refractivity contribution < 1.29 is 5.21 Å². The maximum absolute atomic E-state index is 8.76. The Kier molecular flexibility index (Phi) is 4.30. The van der Waals surface area contributed by atoms with E-state index in [0.717, 1.165) is 17.7 Å². The quantitative estimate of drug-likeness (QED) is 0.379. The Balaban J connectivity index is 2.27. The van der Waals surface area contributed by atoms with Crippen LogP contribution in [-0.4, -0.2) is 23.6 Å². The largest absolute Gasteiger partial charge is 0.409 e. The molecule has 0 spiro atoms. The van der Waals surface area contributed by atoms with E-state index < -0.39 is 0 Å². The highest BCUT2D eigenvalue weighted by Crippen LogP contribution is 2.29. The number of oxime groups is 1. The molecule has 0 atom stereocenters. The smallest absolute Gasteiger partial charge is 0.170 e. The van der Waals surface area contributed by atoms with E-state index >= 15 is 0 Å².